The maximum atomic E-state index is 12.4. The Labute approximate surface area is 97.9 Å². The lowest BCUT2D eigenvalue weighted by atomic mass is 9.97. The topological polar surface area (TPSA) is 12.5 Å². The Balaban J connectivity index is 1.84. The first-order valence-electron chi connectivity index (χ1n) is 5.60. The summed E-state index contributed by atoms with van der Waals surface area (Å²) in [7, 11) is 0. The summed E-state index contributed by atoms with van der Waals surface area (Å²) < 4.78 is 37.3. The highest BCUT2D eigenvalue weighted by atomic mass is 19.4. The van der Waals surface area contributed by atoms with Crippen LogP contribution in [0.3, 0.4) is 0 Å². The van der Waals surface area contributed by atoms with Crippen LogP contribution >= 0.6 is 0 Å². The van der Waals surface area contributed by atoms with E-state index in [2.05, 4.69) is 0 Å². The predicted molar refractivity (Wildman–Crippen MR) is 57.4 cm³/mol. The molecule has 1 aromatic rings. The second-order valence-corrected chi connectivity index (χ2v) is 4.15. The number of nitrogens with zero attached hydrogens (tertiary/aromatic N) is 1. The molecular weight excluding hydrogens is 231 g/mol. The molecule has 0 aliphatic carbocycles. The van der Waals surface area contributed by atoms with Crippen LogP contribution in [0.1, 0.15) is 12.8 Å². The summed E-state index contributed by atoms with van der Waals surface area (Å²) in [5.41, 5.74) is 0. The van der Waals surface area contributed by atoms with Crippen molar-refractivity contribution < 1.29 is 18.0 Å². The second-order valence-electron chi connectivity index (χ2n) is 4.15. The van der Waals surface area contributed by atoms with Crippen LogP contribution in [-0.4, -0.2) is 24.3 Å². The molecule has 2 rings (SSSR count). The van der Waals surface area contributed by atoms with Crippen LogP contribution < -0.4 is 4.84 Å². The van der Waals surface area contributed by atoms with Crippen molar-refractivity contribution in [3.05, 3.63) is 30.3 Å². The standard InChI is InChI=1S/C12H14F3NO/c13-12(14,15)10-6-8-16(9-7-10)17-11-4-2-1-3-5-11/h1-5,10H,6-9H2. The van der Waals surface area contributed by atoms with Crippen molar-refractivity contribution in [2.75, 3.05) is 13.1 Å². The van der Waals surface area contributed by atoms with Crippen LogP contribution in [0.2, 0.25) is 0 Å². The van der Waals surface area contributed by atoms with Crippen LogP contribution in [0, 0.1) is 5.92 Å². The molecule has 0 N–H and O–H groups in total. The number of halogens is 3. The molecular formula is C12H14F3NO. The molecule has 0 aromatic heterocycles. The minimum atomic E-state index is -4.07. The average molecular weight is 245 g/mol. The fourth-order valence-corrected chi connectivity index (χ4v) is 1.90. The van der Waals surface area contributed by atoms with Crippen molar-refractivity contribution in [3.63, 3.8) is 0 Å². The molecule has 0 radical (unpaired) electrons. The largest absolute Gasteiger partial charge is 0.406 e. The van der Waals surface area contributed by atoms with Crippen molar-refractivity contribution >= 4 is 0 Å². The molecule has 17 heavy (non-hydrogen) atoms. The Morgan fingerprint density at radius 2 is 1.65 bits per heavy atom. The molecule has 1 aliphatic heterocycles. The van der Waals surface area contributed by atoms with Gasteiger partial charge in [0.15, 0.2) is 0 Å². The number of hydrogen-bond acceptors (Lipinski definition) is 2. The maximum absolute atomic E-state index is 12.4. The monoisotopic (exact) mass is 245 g/mol. The van der Waals surface area contributed by atoms with Crippen LogP contribution in [0.25, 0.3) is 0 Å². The Hall–Kier alpha value is -1.23. The quantitative estimate of drug-likeness (QED) is 0.793. The van der Waals surface area contributed by atoms with Gasteiger partial charge in [0.1, 0.15) is 5.75 Å². The smallest absolute Gasteiger partial charge is 0.391 e. The summed E-state index contributed by atoms with van der Waals surface area (Å²) in [5.74, 6) is -0.518. The fourth-order valence-electron chi connectivity index (χ4n) is 1.90. The van der Waals surface area contributed by atoms with E-state index < -0.39 is 12.1 Å². The number of piperidine rings is 1. The number of hydrogen-bond donors (Lipinski definition) is 0. The lowest BCUT2D eigenvalue weighted by Crippen LogP contribution is -2.40. The van der Waals surface area contributed by atoms with Gasteiger partial charge in [-0.25, -0.2) is 0 Å². The minimum absolute atomic E-state index is 0.107. The van der Waals surface area contributed by atoms with Gasteiger partial charge in [0.2, 0.25) is 0 Å². The summed E-state index contributed by atoms with van der Waals surface area (Å²) in [4.78, 5) is 5.48. The lowest BCUT2D eigenvalue weighted by Gasteiger charge is -2.32. The lowest BCUT2D eigenvalue weighted by molar-refractivity contribution is -0.199. The van der Waals surface area contributed by atoms with Gasteiger partial charge in [-0.15, -0.1) is 5.06 Å². The van der Waals surface area contributed by atoms with E-state index in [9.17, 15) is 13.2 Å². The molecule has 94 valence electrons. The molecule has 0 unspecified atom stereocenters. The van der Waals surface area contributed by atoms with E-state index >= 15 is 0 Å². The molecule has 1 aromatic carbocycles. The van der Waals surface area contributed by atoms with E-state index in [4.69, 9.17) is 4.84 Å². The van der Waals surface area contributed by atoms with Gasteiger partial charge in [0.25, 0.3) is 0 Å². The first-order valence-corrected chi connectivity index (χ1v) is 5.60. The predicted octanol–water partition coefficient (Wildman–Crippen LogP) is 3.25. The zero-order valence-corrected chi connectivity index (χ0v) is 9.28. The molecule has 1 fully saturated rings. The molecule has 0 bridgehead atoms. The molecule has 5 heteroatoms. The third-order valence-corrected chi connectivity index (χ3v) is 2.89. The van der Waals surface area contributed by atoms with Crippen molar-refractivity contribution in [2.24, 2.45) is 5.92 Å². The molecule has 0 saturated carbocycles. The molecule has 1 heterocycles. The average Bonchev–Trinajstić information content (AvgIpc) is 2.30. The van der Waals surface area contributed by atoms with E-state index in [0.29, 0.717) is 18.8 Å². The number of benzene rings is 1. The summed E-state index contributed by atoms with van der Waals surface area (Å²) in [6, 6.07) is 9.10. The Morgan fingerprint density at radius 3 is 2.18 bits per heavy atom. The van der Waals surface area contributed by atoms with Crippen LogP contribution in [-0.2, 0) is 0 Å². The Morgan fingerprint density at radius 1 is 1.06 bits per heavy atom. The highest BCUT2D eigenvalue weighted by Crippen LogP contribution is 2.34. The second kappa shape index (κ2) is 4.96. The molecule has 0 atom stereocenters. The van der Waals surface area contributed by atoms with Gasteiger partial charge in [-0.05, 0) is 25.0 Å². The van der Waals surface area contributed by atoms with Crippen molar-refractivity contribution in [3.8, 4) is 5.75 Å². The van der Waals surface area contributed by atoms with Crippen LogP contribution in [0.5, 0.6) is 5.75 Å². The Kier molecular flexibility index (Phi) is 3.57. The Bertz CT molecular complexity index is 345. The fraction of sp³-hybridized carbons (Fsp3) is 0.500. The minimum Gasteiger partial charge on any atom is -0.406 e. The van der Waals surface area contributed by atoms with Crippen LogP contribution in [0.4, 0.5) is 13.2 Å². The van der Waals surface area contributed by atoms with E-state index in [-0.39, 0.29) is 12.8 Å². The zero-order chi connectivity index (χ0) is 12.3. The van der Waals surface area contributed by atoms with Gasteiger partial charge >= 0.3 is 6.18 Å². The van der Waals surface area contributed by atoms with Gasteiger partial charge < -0.3 is 4.84 Å². The van der Waals surface area contributed by atoms with Gasteiger partial charge in [0.05, 0.1) is 5.92 Å². The van der Waals surface area contributed by atoms with Crippen LogP contribution in [0.15, 0.2) is 30.3 Å². The molecule has 2 nitrogen and oxygen atoms in total. The third kappa shape index (κ3) is 3.36. The molecule has 0 amide bonds. The van der Waals surface area contributed by atoms with Gasteiger partial charge in [-0.1, -0.05) is 18.2 Å². The van der Waals surface area contributed by atoms with E-state index in [1.807, 2.05) is 18.2 Å². The summed E-state index contributed by atoms with van der Waals surface area (Å²) in [5, 5.41) is 1.59. The highest BCUT2D eigenvalue weighted by molar-refractivity contribution is 5.20. The van der Waals surface area contributed by atoms with Gasteiger partial charge in [-0.2, -0.15) is 13.2 Å². The number of hydroxylamine groups is 2. The molecule has 1 saturated heterocycles. The van der Waals surface area contributed by atoms with Crippen molar-refractivity contribution in [1.82, 2.24) is 5.06 Å². The van der Waals surface area contributed by atoms with E-state index in [0.717, 1.165) is 0 Å². The third-order valence-electron chi connectivity index (χ3n) is 2.89. The first-order chi connectivity index (χ1) is 8.05. The number of alkyl halides is 3. The zero-order valence-electron chi connectivity index (χ0n) is 9.28. The number of rotatable bonds is 2. The van der Waals surface area contributed by atoms with Gasteiger partial charge in [0, 0.05) is 13.1 Å². The molecule has 0 spiro atoms. The molecule has 1 aliphatic rings. The van der Waals surface area contributed by atoms with E-state index in [1.165, 1.54) is 0 Å². The number of para-hydroxylation sites is 1. The first kappa shape index (κ1) is 12.2. The summed E-state index contributed by atoms with van der Waals surface area (Å²) >= 11 is 0. The summed E-state index contributed by atoms with van der Waals surface area (Å²) in [6.07, 6.45) is -3.86. The highest BCUT2D eigenvalue weighted by Gasteiger charge is 2.41. The van der Waals surface area contributed by atoms with Gasteiger partial charge in [-0.3, -0.25) is 0 Å². The summed E-state index contributed by atoms with van der Waals surface area (Å²) in [6.45, 7) is 0.637. The maximum Gasteiger partial charge on any atom is 0.391 e. The van der Waals surface area contributed by atoms with Crippen molar-refractivity contribution in [2.45, 2.75) is 19.0 Å². The normalized spacial score (nSPS) is 19.2. The SMILES string of the molecule is FC(F)(F)C1CCN(Oc2ccccc2)CC1. The van der Waals surface area contributed by atoms with E-state index in [1.54, 1.807) is 17.2 Å². The van der Waals surface area contributed by atoms with Crippen molar-refractivity contribution in [1.29, 1.82) is 0 Å².